The van der Waals surface area contributed by atoms with Gasteiger partial charge < -0.3 is 4.90 Å². The monoisotopic (exact) mass is 503 g/mol. The van der Waals surface area contributed by atoms with Gasteiger partial charge in [-0.05, 0) is 60.1 Å². The van der Waals surface area contributed by atoms with E-state index in [1.165, 1.54) is 5.56 Å². The van der Waals surface area contributed by atoms with E-state index in [-0.39, 0.29) is 28.7 Å². The summed E-state index contributed by atoms with van der Waals surface area (Å²) in [5.41, 5.74) is 3.13. The number of hydrogen-bond donors (Lipinski definition) is 0. The Labute approximate surface area is 194 Å². The standard InChI is InChI=1S/C25H30BrNO3S/c1-25(2,3)19-5-4-6-22(14-19)27(21-11-12-21)23-16-31(29,30)15-18(24(23)28)13-17-7-9-20(26)10-8-17/h4-10,14,18,21,23H,11-13,15-16H2,1-3H3/t18-,23+/m1/s1. The van der Waals surface area contributed by atoms with Gasteiger partial charge in [0.2, 0.25) is 0 Å². The maximum atomic E-state index is 13.6. The van der Waals surface area contributed by atoms with Crippen LogP contribution in [0.3, 0.4) is 0 Å². The van der Waals surface area contributed by atoms with E-state index in [1.807, 2.05) is 36.4 Å². The van der Waals surface area contributed by atoms with Crippen LogP contribution < -0.4 is 4.90 Å². The predicted octanol–water partition coefficient (Wildman–Crippen LogP) is 4.94. The Balaban J connectivity index is 1.67. The smallest absolute Gasteiger partial charge is 0.160 e. The first-order chi connectivity index (χ1) is 14.5. The van der Waals surface area contributed by atoms with Gasteiger partial charge in [-0.1, -0.05) is 61.0 Å². The lowest BCUT2D eigenvalue weighted by atomic mass is 9.86. The summed E-state index contributed by atoms with van der Waals surface area (Å²) in [6, 6.07) is 15.7. The zero-order chi connectivity index (χ0) is 22.4. The number of carbonyl (C=O) groups is 1. The minimum absolute atomic E-state index is 0.0159. The molecular weight excluding hydrogens is 474 g/mol. The molecule has 1 aliphatic carbocycles. The quantitative estimate of drug-likeness (QED) is 0.579. The molecule has 4 rings (SSSR count). The fourth-order valence-electron chi connectivity index (χ4n) is 4.46. The van der Waals surface area contributed by atoms with Gasteiger partial charge >= 0.3 is 0 Å². The van der Waals surface area contributed by atoms with Crippen molar-refractivity contribution < 1.29 is 13.2 Å². The molecule has 31 heavy (non-hydrogen) atoms. The van der Waals surface area contributed by atoms with E-state index >= 15 is 0 Å². The number of halogens is 1. The second kappa shape index (κ2) is 8.36. The highest BCUT2D eigenvalue weighted by Gasteiger charge is 2.46. The molecule has 2 aromatic carbocycles. The molecule has 1 aliphatic heterocycles. The molecule has 2 atom stereocenters. The van der Waals surface area contributed by atoms with Crippen LogP contribution in [-0.4, -0.2) is 37.8 Å². The molecule has 0 amide bonds. The number of Topliss-reactive ketones (excluding diaryl/α,β-unsaturated/α-hetero) is 1. The number of sulfone groups is 1. The number of rotatable bonds is 5. The average Bonchev–Trinajstić information content (AvgIpc) is 3.51. The lowest BCUT2D eigenvalue weighted by molar-refractivity contribution is -0.123. The molecule has 4 nitrogen and oxygen atoms in total. The molecule has 1 saturated heterocycles. The van der Waals surface area contributed by atoms with E-state index in [4.69, 9.17) is 0 Å². The number of benzene rings is 2. The molecule has 166 valence electrons. The summed E-state index contributed by atoms with van der Waals surface area (Å²) in [6.45, 7) is 6.49. The number of nitrogens with zero attached hydrogens (tertiary/aromatic N) is 1. The summed E-state index contributed by atoms with van der Waals surface area (Å²) in [4.78, 5) is 15.7. The third-order valence-electron chi connectivity index (χ3n) is 6.28. The minimum Gasteiger partial charge on any atom is -0.357 e. The van der Waals surface area contributed by atoms with E-state index in [9.17, 15) is 13.2 Å². The van der Waals surface area contributed by atoms with E-state index in [1.54, 1.807) is 0 Å². The summed E-state index contributed by atoms with van der Waals surface area (Å²) >= 11 is 3.43. The molecule has 1 saturated carbocycles. The number of carbonyl (C=O) groups excluding carboxylic acids is 1. The van der Waals surface area contributed by atoms with Gasteiger partial charge in [-0.25, -0.2) is 8.42 Å². The van der Waals surface area contributed by atoms with Crippen molar-refractivity contribution in [3.8, 4) is 0 Å². The van der Waals surface area contributed by atoms with Crippen LogP contribution in [0.2, 0.25) is 0 Å². The van der Waals surface area contributed by atoms with Crippen LogP contribution in [-0.2, 0) is 26.5 Å². The van der Waals surface area contributed by atoms with Gasteiger partial charge in [0.15, 0.2) is 15.6 Å². The maximum absolute atomic E-state index is 13.6. The van der Waals surface area contributed by atoms with Crippen LogP contribution in [0.25, 0.3) is 0 Å². The van der Waals surface area contributed by atoms with Crippen LogP contribution in [0.4, 0.5) is 5.69 Å². The largest absolute Gasteiger partial charge is 0.357 e. The van der Waals surface area contributed by atoms with Gasteiger partial charge in [0, 0.05) is 22.1 Å². The Hall–Kier alpha value is -1.66. The van der Waals surface area contributed by atoms with E-state index in [0.29, 0.717) is 6.42 Å². The average molecular weight is 504 g/mol. The van der Waals surface area contributed by atoms with Crippen molar-refractivity contribution in [3.63, 3.8) is 0 Å². The first kappa shape index (κ1) is 22.5. The molecule has 2 aliphatic rings. The highest BCUT2D eigenvalue weighted by atomic mass is 79.9. The van der Waals surface area contributed by atoms with Crippen molar-refractivity contribution in [1.82, 2.24) is 0 Å². The Morgan fingerprint density at radius 1 is 1.03 bits per heavy atom. The van der Waals surface area contributed by atoms with E-state index < -0.39 is 21.8 Å². The number of anilines is 1. The number of hydrogen-bond acceptors (Lipinski definition) is 4. The maximum Gasteiger partial charge on any atom is 0.160 e. The fraction of sp³-hybridized carbons (Fsp3) is 0.480. The second-order valence-corrected chi connectivity index (χ2v) is 13.0. The highest BCUT2D eigenvalue weighted by Crippen LogP contribution is 2.38. The van der Waals surface area contributed by atoms with Gasteiger partial charge in [0.05, 0.1) is 11.5 Å². The third kappa shape index (κ3) is 5.23. The molecule has 0 unspecified atom stereocenters. The minimum atomic E-state index is -3.31. The van der Waals surface area contributed by atoms with Crippen LogP contribution in [0.1, 0.15) is 44.7 Å². The topological polar surface area (TPSA) is 54.5 Å². The van der Waals surface area contributed by atoms with E-state index in [0.717, 1.165) is 28.6 Å². The van der Waals surface area contributed by atoms with Gasteiger partial charge in [-0.15, -0.1) is 0 Å². The second-order valence-electron chi connectivity index (χ2n) is 9.96. The Kier molecular flexibility index (Phi) is 6.08. The zero-order valence-electron chi connectivity index (χ0n) is 18.3. The van der Waals surface area contributed by atoms with Crippen molar-refractivity contribution >= 4 is 37.2 Å². The molecule has 1 heterocycles. The van der Waals surface area contributed by atoms with Crippen LogP contribution >= 0.6 is 15.9 Å². The molecule has 0 aromatic heterocycles. The zero-order valence-corrected chi connectivity index (χ0v) is 20.7. The SMILES string of the molecule is CC(C)(C)c1cccc(N(C2CC2)[C@H]2CS(=O)(=O)C[C@@H](Cc3ccc(Br)cc3)C2=O)c1. The Bertz CT molecular complexity index is 1070. The molecule has 0 spiro atoms. The van der Waals surface area contributed by atoms with Crippen LogP contribution in [0.15, 0.2) is 53.0 Å². The molecule has 0 N–H and O–H groups in total. The molecular formula is C25H30BrNO3S. The number of ketones is 1. The van der Waals surface area contributed by atoms with Crippen molar-refractivity contribution in [2.24, 2.45) is 5.92 Å². The van der Waals surface area contributed by atoms with Gasteiger partial charge in [-0.3, -0.25) is 4.79 Å². The van der Waals surface area contributed by atoms with Crippen molar-refractivity contribution in [2.75, 3.05) is 16.4 Å². The molecule has 0 bridgehead atoms. The van der Waals surface area contributed by atoms with Gasteiger partial charge in [0.25, 0.3) is 0 Å². The third-order valence-corrected chi connectivity index (χ3v) is 8.54. The first-order valence-electron chi connectivity index (χ1n) is 10.9. The summed E-state index contributed by atoms with van der Waals surface area (Å²) in [6.07, 6.45) is 2.46. The fourth-order valence-corrected chi connectivity index (χ4v) is 6.57. The predicted molar refractivity (Wildman–Crippen MR) is 129 cm³/mol. The highest BCUT2D eigenvalue weighted by molar-refractivity contribution is 9.10. The van der Waals surface area contributed by atoms with Gasteiger partial charge in [-0.2, -0.15) is 0 Å². The molecule has 0 radical (unpaired) electrons. The van der Waals surface area contributed by atoms with Crippen molar-refractivity contribution in [2.45, 2.75) is 57.5 Å². The van der Waals surface area contributed by atoms with Gasteiger partial charge in [0.1, 0.15) is 6.04 Å². The Morgan fingerprint density at radius 2 is 1.71 bits per heavy atom. The lowest BCUT2D eigenvalue weighted by Crippen LogP contribution is -2.55. The molecule has 6 heteroatoms. The van der Waals surface area contributed by atoms with Crippen molar-refractivity contribution in [1.29, 1.82) is 0 Å². The van der Waals surface area contributed by atoms with E-state index in [2.05, 4.69) is 53.7 Å². The molecule has 2 fully saturated rings. The Morgan fingerprint density at radius 3 is 2.32 bits per heavy atom. The summed E-state index contributed by atoms with van der Waals surface area (Å²) in [5, 5.41) is 0. The molecule has 2 aromatic rings. The summed E-state index contributed by atoms with van der Waals surface area (Å²) in [7, 11) is -3.31. The lowest BCUT2D eigenvalue weighted by Gasteiger charge is -2.38. The normalized spacial score (nSPS) is 23.5. The summed E-state index contributed by atoms with van der Waals surface area (Å²) < 4.78 is 26.7. The van der Waals surface area contributed by atoms with Crippen LogP contribution in [0, 0.1) is 5.92 Å². The van der Waals surface area contributed by atoms with Crippen LogP contribution in [0.5, 0.6) is 0 Å². The first-order valence-corrected chi connectivity index (χ1v) is 13.5. The van der Waals surface area contributed by atoms with Crippen molar-refractivity contribution in [3.05, 3.63) is 64.1 Å². The summed E-state index contributed by atoms with van der Waals surface area (Å²) in [5.74, 6) is -0.583.